The van der Waals surface area contributed by atoms with Gasteiger partial charge in [-0.25, -0.2) is 4.79 Å². The Morgan fingerprint density at radius 2 is 2.00 bits per heavy atom. The summed E-state index contributed by atoms with van der Waals surface area (Å²) in [4.78, 5) is 23.7. The average Bonchev–Trinajstić information content (AvgIpc) is 2.80. The van der Waals surface area contributed by atoms with Crippen molar-refractivity contribution in [2.45, 2.75) is 13.5 Å². The standard InChI is InChI=1S/C17H16N2O3/c1-11-5-3-4-6-13(11)10-18-16(20)12-7-8-14-15(9-12)22-17(21)19(14)2/h3-9H,10H2,1-2H3,(H,18,20). The van der Waals surface area contributed by atoms with Gasteiger partial charge in [-0.15, -0.1) is 0 Å². The molecule has 5 heteroatoms. The lowest BCUT2D eigenvalue weighted by Crippen LogP contribution is -2.23. The number of nitrogens with one attached hydrogen (secondary N) is 1. The van der Waals surface area contributed by atoms with Gasteiger partial charge in [0, 0.05) is 19.2 Å². The molecular weight excluding hydrogens is 280 g/mol. The van der Waals surface area contributed by atoms with Crippen LogP contribution in [-0.2, 0) is 13.6 Å². The predicted molar refractivity (Wildman–Crippen MR) is 83.8 cm³/mol. The lowest BCUT2D eigenvalue weighted by molar-refractivity contribution is 0.0951. The van der Waals surface area contributed by atoms with Crippen molar-refractivity contribution in [3.63, 3.8) is 0 Å². The number of aromatic nitrogens is 1. The Morgan fingerprint density at radius 3 is 2.77 bits per heavy atom. The largest absolute Gasteiger partial charge is 0.419 e. The number of aryl methyl sites for hydroxylation is 2. The second kappa shape index (κ2) is 5.52. The van der Waals surface area contributed by atoms with Crippen molar-refractivity contribution in [1.29, 1.82) is 0 Å². The van der Waals surface area contributed by atoms with Crippen molar-refractivity contribution in [2.75, 3.05) is 0 Å². The van der Waals surface area contributed by atoms with Gasteiger partial charge < -0.3 is 9.73 Å². The molecule has 2 aromatic carbocycles. The highest BCUT2D eigenvalue weighted by Crippen LogP contribution is 2.14. The molecule has 3 aromatic rings. The van der Waals surface area contributed by atoms with E-state index in [2.05, 4.69) is 5.32 Å². The lowest BCUT2D eigenvalue weighted by atomic mass is 10.1. The molecule has 1 aromatic heterocycles. The molecule has 0 spiro atoms. The molecule has 22 heavy (non-hydrogen) atoms. The fraction of sp³-hybridized carbons (Fsp3) is 0.176. The second-order valence-electron chi connectivity index (χ2n) is 5.22. The molecule has 0 fully saturated rings. The third-order valence-electron chi connectivity index (χ3n) is 3.76. The molecule has 1 N–H and O–H groups in total. The molecule has 5 nitrogen and oxygen atoms in total. The molecule has 1 heterocycles. The Labute approximate surface area is 127 Å². The monoisotopic (exact) mass is 296 g/mol. The zero-order valence-corrected chi connectivity index (χ0v) is 12.4. The third kappa shape index (κ3) is 2.53. The van der Waals surface area contributed by atoms with Crippen LogP contribution in [0.4, 0.5) is 0 Å². The molecule has 1 amide bonds. The summed E-state index contributed by atoms with van der Waals surface area (Å²) in [5, 5.41) is 2.88. The number of benzene rings is 2. The summed E-state index contributed by atoms with van der Waals surface area (Å²) in [5.74, 6) is -0.635. The molecule has 0 bridgehead atoms. The van der Waals surface area contributed by atoms with E-state index >= 15 is 0 Å². The zero-order valence-electron chi connectivity index (χ0n) is 12.4. The maximum absolute atomic E-state index is 12.2. The van der Waals surface area contributed by atoms with Crippen molar-refractivity contribution in [1.82, 2.24) is 9.88 Å². The summed E-state index contributed by atoms with van der Waals surface area (Å²) >= 11 is 0. The Morgan fingerprint density at radius 1 is 1.23 bits per heavy atom. The van der Waals surface area contributed by atoms with Crippen LogP contribution in [0.5, 0.6) is 0 Å². The topological polar surface area (TPSA) is 64.2 Å². The number of hydrogen-bond donors (Lipinski definition) is 1. The Kier molecular flexibility index (Phi) is 3.55. The average molecular weight is 296 g/mol. The normalized spacial score (nSPS) is 10.8. The maximum Gasteiger partial charge on any atom is 0.419 e. The van der Waals surface area contributed by atoms with Crippen LogP contribution < -0.4 is 11.1 Å². The first-order valence-corrected chi connectivity index (χ1v) is 6.98. The Balaban J connectivity index is 1.80. The molecule has 0 unspecified atom stereocenters. The number of nitrogens with zero attached hydrogens (tertiary/aromatic N) is 1. The molecular formula is C17H16N2O3. The van der Waals surface area contributed by atoms with Gasteiger partial charge in [-0.3, -0.25) is 9.36 Å². The first-order chi connectivity index (χ1) is 10.6. The van der Waals surface area contributed by atoms with Crippen molar-refractivity contribution >= 4 is 17.0 Å². The fourth-order valence-corrected chi connectivity index (χ4v) is 2.36. The smallest absolute Gasteiger partial charge is 0.408 e. The molecule has 0 radical (unpaired) electrons. The van der Waals surface area contributed by atoms with Gasteiger partial charge in [-0.1, -0.05) is 24.3 Å². The van der Waals surface area contributed by atoms with E-state index in [4.69, 9.17) is 4.42 Å². The third-order valence-corrected chi connectivity index (χ3v) is 3.76. The van der Waals surface area contributed by atoms with Gasteiger partial charge in [0.15, 0.2) is 5.58 Å². The number of carbonyl (C=O) groups excluding carboxylic acids is 1. The molecule has 0 atom stereocenters. The molecule has 0 saturated carbocycles. The van der Waals surface area contributed by atoms with Crippen LogP contribution in [0.2, 0.25) is 0 Å². The van der Waals surface area contributed by atoms with Crippen LogP contribution in [0, 0.1) is 6.92 Å². The van der Waals surface area contributed by atoms with Crippen LogP contribution in [0.3, 0.4) is 0 Å². The van der Waals surface area contributed by atoms with Crippen LogP contribution in [0.25, 0.3) is 11.1 Å². The minimum atomic E-state index is -0.438. The van der Waals surface area contributed by atoms with E-state index in [0.29, 0.717) is 23.2 Å². The summed E-state index contributed by atoms with van der Waals surface area (Å²) in [6.45, 7) is 2.47. The zero-order chi connectivity index (χ0) is 15.7. The van der Waals surface area contributed by atoms with Crippen LogP contribution in [-0.4, -0.2) is 10.5 Å². The number of fused-ring (bicyclic) bond motifs is 1. The first kappa shape index (κ1) is 14.1. The van der Waals surface area contributed by atoms with Gasteiger partial charge in [0.05, 0.1) is 5.52 Å². The van der Waals surface area contributed by atoms with Gasteiger partial charge in [-0.05, 0) is 36.2 Å². The van der Waals surface area contributed by atoms with E-state index in [9.17, 15) is 9.59 Å². The van der Waals surface area contributed by atoms with Crippen molar-refractivity contribution < 1.29 is 9.21 Å². The number of carbonyl (C=O) groups is 1. The van der Waals surface area contributed by atoms with Crippen LogP contribution >= 0.6 is 0 Å². The minimum Gasteiger partial charge on any atom is -0.408 e. The number of rotatable bonds is 3. The SMILES string of the molecule is Cc1ccccc1CNC(=O)c1ccc2c(c1)oc(=O)n2C. The summed E-state index contributed by atoms with van der Waals surface area (Å²) in [7, 11) is 1.63. The summed E-state index contributed by atoms with van der Waals surface area (Å²) in [6, 6.07) is 12.9. The van der Waals surface area contributed by atoms with Crippen molar-refractivity contribution in [2.24, 2.45) is 7.05 Å². The molecule has 112 valence electrons. The van der Waals surface area contributed by atoms with E-state index in [1.807, 2.05) is 31.2 Å². The van der Waals surface area contributed by atoms with E-state index in [1.165, 1.54) is 4.57 Å². The van der Waals surface area contributed by atoms with Crippen molar-refractivity contribution in [3.8, 4) is 0 Å². The van der Waals surface area contributed by atoms with Gasteiger partial charge in [0.1, 0.15) is 0 Å². The number of amides is 1. The fourth-order valence-electron chi connectivity index (χ4n) is 2.36. The highest BCUT2D eigenvalue weighted by molar-refractivity contribution is 5.97. The van der Waals surface area contributed by atoms with E-state index in [1.54, 1.807) is 25.2 Å². The summed E-state index contributed by atoms with van der Waals surface area (Å²) in [5.41, 5.74) is 3.75. The molecule has 0 aliphatic heterocycles. The van der Waals surface area contributed by atoms with Gasteiger partial charge >= 0.3 is 5.76 Å². The number of oxazole rings is 1. The van der Waals surface area contributed by atoms with Crippen LogP contribution in [0.1, 0.15) is 21.5 Å². The first-order valence-electron chi connectivity index (χ1n) is 6.98. The summed E-state index contributed by atoms with van der Waals surface area (Å²) in [6.07, 6.45) is 0. The van der Waals surface area contributed by atoms with Crippen LogP contribution in [0.15, 0.2) is 51.7 Å². The van der Waals surface area contributed by atoms with Gasteiger partial charge in [0.2, 0.25) is 0 Å². The quantitative estimate of drug-likeness (QED) is 0.807. The van der Waals surface area contributed by atoms with Crippen molar-refractivity contribution in [3.05, 3.63) is 69.7 Å². The highest BCUT2D eigenvalue weighted by Gasteiger charge is 2.11. The molecule has 3 rings (SSSR count). The second-order valence-corrected chi connectivity index (χ2v) is 5.22. The summed E-state index contributed by atoms with van der Waals surface area (Å²) < 4.78 is 6.51. The Hall–Kier alpha value is -2.82. The van der Waals surface area contributed by atoms with E-state index < -0.39 is 5.76 Å². The van der Waals surface area contributed by atoms with Gasteiger partial charge in [0.25, 0.3) is 5.91 Å². The Bertz CT molecular complexity index is 906. The predicted octanol–water partition coefficient (Wildman–Crippen LogP) is 2.37. The molecule has 0 aliphatic carbocycles. The van der Waals surface area contributed by atoms with E-state index in [0.717, 1.165) is 11.1 Å². The number of hydrogen-bond acceptors (Lipinski definition) is 3. The molecule has 0 saturated heterocycles. The van der Waals surface area contributed by atoms with Gasteiger partial charge in [-0.2, -0.15) is 0 Å². The highest BCUT2D eigenvalue weighted by atomic mass is 16.4. The minimum absolute atomic E-state index is 0.198. The lowest BCUT2D eigenvalue weighted by Gasteiger charge is -2.07. The van der Waals surface area contributed by atoms with E-state index in [-0.39, 0.29) is 5.91 Å². The maximum atomic E-state index is 12.2. The molecule has 0 aliphatic rings.